The summed E-state index contributed by atoms with van der Waals surface area (Å²) >= 11 is 0. The number of nitrogens with one attached hydrogen (secondary N) is 2. The SMILES string of the molecule is CC(=O)NCCNC1CN(CC(N)=O)CCO1. The highest BCUT2D eigenvalue weighted by Crippen LogP contribution is 2.01. The smallest absolute Gasteiger partial charge is 0.231 e. The van der Waals surface area contributed by atoms with Crippen molar-refractivity contribution >= 4 is 11.8 Å². The number of morpholine rings is 1. The molecule has 0 spiro atoms. The molecule has 1 saturated heterocycles. The number of ether oxygens (including phenoxy) is 1. The van der Waals surface area contributed by atoms with Gasteiger partial charge in [-0.05, 0) is 0 Å². The second-order valence-electron chi connectivity index (χ2n) is 4.00. The Balaban J connectivity index is 2.16. The fraction of sp³-hybridized carbons (Fsp3) is 0.800. The molecule has 98 valence electrons. The number of amides is 2. The lowest BCUT2D eigenvalue weighted by Crippen LogP contribution is -2.52. The van der Waals surface area contributed by atoms with Crippen LogP contribution < -0.4 is 16.4 Å². The van der Waals surface area contributed by atoms with Crippen molar-refractivity contribution in [1.29, 1.82) is 0 Å². The lowest BCUT2D eigenvalue weighted by atomic mass is 10.3. The van der Waals surface area contributed by atoms with Gasteiger partial charge in [-0.25, -0.2) is 0 Å². The zero-order valence-electron chi connectivity index (χ0n) is 10.1. The Hall–Kier alpha value is -1.18. The van der Waals surface area contributed by atoms with E-state index in [-0.39, 0.29) is 24.6 Å². The summed E-state index contributed by atoms with van der Waals surface area (Å²) in [7, 11) is 0. The third-order valence-corrected chi connectivity index (χ3v) is 2.40. The minimum Gasteiger partial charge on any atom is -0.369 e. The summed E-state index contributed by atoms with van der Waals surface area (Å²) in [5, 5.41) is 5.83. The first-order valence-electron chi connectivity index (χ1n) is 5.68. The van der Waals surface area contributed by atoms with E-state index in [1.165, 1.54) is 6.92 Å². The summed E-state index contributed by atoms with van der Waals surface area (Å²) in [6.07, 6.45) is -0.114. The molecule has 0 saturated carbocycles. The molecular weight excluding hydrogens is 224 g/mol. The van der Waals surface area contributed by atoms with E-state index in [4.69, 9.17) is 10.5 Å². The lowest BCUT2D eigenvalue weighted by molar-refractivity contribution is -0.122. The Morgan fingerprint density at radius 2 is 2.24 bits per heavy atom. The molecule has 2 amide bonds. The fourth-order valence-electron chi connectivity index (χ4n) is 1.66. The monoisotopic (exact) mass is 244 g/mol. The van der Waals surface area contributed by atoms with Gasteiger partial charge < -0.3 is 15.8 Å². The zero-order valence-corrected chi connectivity index (χ0v) is 10.1. The normalized spacial score (nSPS) is 21.1. The summed E-state index contributed by atoms with van der Waals surface area (Å²) in [5.74, 6) is -0.379. The number of carbonyl (C=O) groups excluding carboxylic acids is 2. The van der Waals surface area contributed by atoms with Crippen molar-refractivity contribution in [2.45, 2.75) is 13.2 Å². The van der Waals surface area contributed by atoms with Gasteiger partial charge >= 0.3 is 0 Å². The van der Waals surface area contributed by atoms with Gasteiger partial charge in [0.1, 0.15) is 6.23 Å². The van der Waals surface area contributed by atoms with Crippen LogP contribution in [0.5, 0.6) is 0 Å². The summed E-state index contributed by atoms with van der Waals surface area (Å²) < 4.78 is 5.48. The number of primary amides is 1. The van der Waals surface area contributed by atoms with Gasteiger partial charge in [0.05, 0.1) is 13.2 Å². The molecule has 1 heterocycles. The minimum atomic E-state index is -0.330. The van der Waals surface area contributed by atoms with Crippen molar-refractivity contribution in [2.75, 3.05) is 39.3 Å². The minimum absolute atomic E-state index is 0.0493. The standard InChI is InChI=1S/C10H20N4O3/c1-8(15)12-2-3-13-10-7-14(4-5-17-10)6-9(11)16/h10,13H,2-7H2,1H3,(H2,11,16)(H,12,15). The Morgan fingerprint density at radius 1 is 1.47 bits per heavy atom. The van der Waals surface area contributed by atoms with Gasteiger partial charge in [-0.2, -0.15) is 0 Å². The molecule has 7 nitrogen and oxygen atoms in total. The largest absolute Gasteiger partial charge is 0.369 e. The highest BCUT2D eigenvalue weighted by molar-refractivity contribution is 5.75. The molecule has 17 heavy (non-hydrogen) atoms. The average Bonchev–Trinajstić information content (AvgIpc) is 2.24. The van der Waals surface area contributed by atoms with Gasteiger partial charge in [-0.15, -0.1) is 0 Å². The summed E-state index contributed by atoms with van der Waals surface area (Å²) in [4.78, 5) is 23.4. The van der Waals surface area contributed by atoms with E-state index in [0.717, 1.165) is 0 Å². The highest BCUT2D eigenvalue weighted by atomic mass is 16.5. The molecule has 0 radical (unpaired) electrons. The molecule has 7 heteroatoms. The zero-order chi connectivity index (χ0) is 12.7. The third-order valence-electron chi connectivity index (χ3n) is 2.40. The van der Waals surface area contributed by atoms with Crippen molar-refractivity contribution in [3.05, 3.63) is 0 Å². The number of carbonyl (C=O) groups is 2. The summed E-state index contributed by atoms with van der Waals surface area (Å²) in [5.41, 5.74) is 5.13. The van der Waals surface area contributed by atoms with Crippen LogP contribution in [0.3, 0.4) is 0 Å². The quantitative estimate of drug-likeness (QED) is 0.463. The van der Waals surface area contributed by atoms with E-state index in [0.29, 0.717) is 32.8 Å². The molecule has 0 aromatic carbocycles. The number of hydrogen-bond acceptors (Lipinski definition) is 5. The number of rotatable bonds is 6. The van der Waals surface area contributed by atoms with E-state index in [1.807, 2.05) is 4.90 Å². The molecule has 1 aliphatic heterocycles. The maximum atomic E-state index is 10.8. The van der Waals surface area contributed by atoms with Crippen LogP contribution in [0.15, 0.2) is 0 Å². The first-order valence-corrected chi connectivity index (χ1v) is 5.68. The van der Waals surface area contributed by atoms with Gasteiger partial charge in [0.25, 0.3) is 0 Å². The number of nitrogens with zero attached hydrogens (tertiary/aromatic N) is 1. The van der Waals surface area contributed by atoms with Crippen LogP contribution in [0, 0.1) is 0 Å². The third kappa shape index (κ3) is 6.20. The van der Waals surface area contributed by atoms with E-state index in [2.05, 4.69) is 10.6 Å². The summed E-state index contributed by atoms with van der Waals surface area (Å²) in [6, 6.07) is 0. The lowest BCUT2D eigenvalue weighted by Gasteiger charge is -2.32. The van der Waals surface area contributed by atoms with Crippen molar-refractivity contribution in [1.82, 2.24) is 15.5 Å². The van der Waals surface area contributed by atoms with Gasteiger partial charge in [0, 0.05) is 33.1 Å². The van der Waals surface area contributed by atoms with E-state index in [1.54, 1.807) is 0 Å². The van der Waals surface area contributed by atoms with Crippen LogP contribution >= 0.6 is 0 Å². The molecule has 0 aromatic rings. The molecule has 0 aromatic heterocycles. The predicted molar refractivity (Wildman–Crippen MR) is 62.1 cm³/mol. The van der Waals surface area contributed by atoms with Crippen LogP contribution in [0.2, 0.25) is 0 Å². The van der Waals surface area contributed by atoms with Crippen LogP contribution in [-0.4, -0.2) is 62.3 Å². The molecule has 1 atom stereocenters. The predicted octanol–water partition coefficient (Wildman–Crippen LogP) is -2.14. The first kappa shape index (κ1) is 13.9. The maximum Gasteiger partial charge on any atom is 0.231 e. The Kier molecular flexibility index (Phi) is 5.88. The second kappa shape index (κ2) is 7.21. The first-order chi connectivity index (χ1) is 8.08. The van der Waals surface area contributed by atoms with E-state index >= 15 is 0 Å². The van der Waals surface area contributed by atoms with Crippen molar-refractivity contribution in [2.24, 2.45) is 5.73 Å². The van der Waals surface area contributed by atoms with Crippen molar-refractivity contribution in [3.63, 3.8) is 0 Å². The van der Waals surface area contributed by atoms with E-state index < -0.39 is 0 Å². The van der Waals surface area contributed by atoms with Gasteiger partial charge in [-0.1, -0.05) is 0 Å². The van der Waals surface area contributed by atoms with Crippen LogP contribution in [-0.2, 0) is 14.3 Å². The molecule has 1 fully saturated rings. The molecule has 0 bridgehead atoms. The Labute approximate surface area is 101 Å². The topological polar surface area (TPSA) is 96.7 Å². The molecule has 1 unspecified atom stereocenters. The van der Waals surface area contributed by atoms with Crippen LogP contribution in [0.1, 0.15) is 6.92 Å². The highest BCUT2D eigenvalue weighted by Gasteiger charge is 2.20. The number of hydrogen-bond donors (Lipinski definition) is 3. The van der Waals surface area contributed by atoms with Crippen molar-refractivity contribution in [3.8, 4) is 0 Å². The molecule has 1 rings (SSSR count). The van der Waals surface area contributed by atoms with Crippen molar-refractivity contribution < 1.29 is 14.3 Å². The van der Waals surface area contributed by atoms with Gasteiger partial charge in [-0.3, -0.25) is 19.8 Å². The summed E-state index contributed by atoms with van der Waals surface area (Å²) in [6.45, 7) is 4.85. The van der Waals surface area contributed by atoms with Gasteiger partial charge in [0.2, 0.25) is 11.8 Å². The fourth-order valence-corrected chi connectivity index (χ4v) is 1.66. The Morgan fingerprint density at radius 3 is 2.88 bits per heavy atom. The Bertz CT molecular complexity index is 272. The molecule has 4 N–H and O–H groups in total. The molecule has 1 aliphatic rings. The molecular formula is C10H20N4O3. The van der Waals surface area contributed by atoms with Crippen LogP contribution in [0.4, 0.5) is 0 Å². The average molecular weight is 244 g/mol. The van der Waals surface area contributed by atoms with Gasteiger partial charge in [0.15, 0.2) is 0 Å². The van der Waals surface area contributed by atoms with E-state index in [9.17, 15) is 9.59 Å². The van der Waals surface area contributed by atoms with Crippen LogP contribution in [0.25, 0.3) is 0 Å². The second-order valence-corrected chi connectivity index (χ2v) is 4.00. The maximum absolute atomic E-state index is 10.8. The molecule has 0 aliphatic carbocycles. The number of nitrogens with two attached hydrogens (primary N) is 1.